The Hall–Kier alpha value is -1.75. The number of halogens is 2. The molecule has 0 saturated heterocycles. The Morgan fingerprint density at radius 2 is 1.95 bits per heavy atom. The number of aromatic nitrogens is 1. The molecule has 1 aromatic carbocycles. The summed E-state index contributed by atoms with van der Waals surface area (Å²) in [7, 11) is 0. The number of thioether (sulfide) groups is 1. The van der Waals surface area contributed by atoms with Crippen molar-refractivity contribution < 1.29 is 13.6 Å². The van der Waals surface area contributed by atoms with Gasteiger partial charge in [0.15, 0.2) is 5.78 Å². The lowest BCUT2D eigenvalue weighted by atomic mass is 10.1. The molecule has 0 fully saturated rings. The van der Waals surface area contributed by atoms with Crippen molar-refractivity contribution in [3.05, 3.63) is 58.8 Å². The van der Waals surface area contributed by atoms with Crippen molar-refractivity contribution in [2.24, 2.45) is 0 Å². The van der Waals surface area contributed by atoms with Gasteiger partial charge in [0.1, 0.15) is 11.6 Å². The van der Waals surface area contributed by atoms with Crippen molar-refractivity contribution in [2.75, 3.05) is 5.75 Å². The number of benzene rings is 1. The van der Waals surface area contributed by atoms with Crippen LogP contribution >= 0.6 is 11.8 Å². The predicted molar refractivity (Wildman–Crippen MR) is 75.1 cm³/mol. The Kier molecular flexibility index (Phi) is 4.49. The Balaban J connectivity index is 2.10. The van der Waals surface area contributed by atoms with Crippen LogP contribution in [0.25, 0.3) is 0 Å². The van der Waals surface area contributed by atoms with Gasteiger partial charge in [-0.05, 0) is 49.7 Å². The van der Waals surface area contributed by atoms with E-state index in [9.17, 15) is 13.6 Å². The lowest BCUT2D eigenvalue weighted by Crippen LogP contribution is -2.06. The number of aryl methyl sites for hydroxylation is 2. The molecule has 2 nitrogen and oxygen atoms in total. The molecule has 0 aliphatic heterocycles. The standard InChI is InChI=1S/C15H13F2NOS/c1-9-5-10(2)18-15(6-9)20-8-14(19)12-7-11(16)3-4-13(12)17/h3-7H,8H2,1-2H3. The predicted octanol–water partition coefficient (Wildman–Crippen LogP) is 3.95. The number of Topliss-reactive ketones (excluding diaryl/α,β-unsaturated/α-hetero) is 1. The van der Waals surface area contributed by atoms with Crippen molar-refractivity contribution in [1.82, 2.24) is 4.98 Å². The van der Waals surface area contributed by atoms with E-state index in [1.165, 1.54) is 11.8 Å². The maximum Gasteiger partial charge on any atom is 0.176 e. The molecule has 1 heterocycles. The second-order valence-electron chi connectivity index (χ2n) is 4.46. The van der Waals surface area contributed by atoms with E-state index in [1.54, 1.807) is 0 Å². The molecule has 0 spiro atoms. The van der Waals surface area contributed by atoms with Crippen LogP contribution in [-0.4, -0.2) is 16.5 Å². The number of hydrogen-bond acceptors (Lipinski definition) is 3. The van der Waals surface area contributed by atoms with E-state index in [0.717, 1.165) is 29.5 Å². The van der Waals surface area contributed by atoms with Gasteiger partial charge in [-0.2, -0.15) is 0 Å². The number of pyridine rings is 1. The molecule has 1 aromatic heterocycles. The molecular weight excluding hydrogens is 280 g/mol. The van der Waals surface area contributed by atoms with Crippen LogP contribution in [0, 0.1) is 25.5 Å². The van der Waals surface area contributed by atoms with E-state index < -0.39 is 17.4 Å². The lowest BCUT2D eigenvalue weighted by molar-refractivity contribution is 0.101. The first-order valence-electron chi connectivity index (χ1n) is 6.02. The van der Waals surface area contributed by atoms with Crippen LogP contribution in [-0.2, 0) is 0 Å². The van der Waals surface area contributed by atoms with Gasteiger partial charge in [0.05, 0.1) is 16.3 Å². The SMILES string of the molecule is Cc1cc(C)nc(SCC(=O)c2cc(F)ccc2F)c1. The number of carbonyl (C=O) groups is 1. The fraction of sp³-hybridized carbons (Fsp3) is 0.200. The second kappa shape index (κ2) is 6.13. The van der Waals surface area contributed by atoms with Crippen LogP contribution in [0.15, 0.2) is 35.4 Å². The zero-order chi connectivity index (χ0) is 14.7. The van der Waals surface area contributed by atoms with Crippen molar-refractivity contribution in [3.8, 4) is 0 Å². The zero-order valence-corrected chi connectivity index (χ0v) is 11.9. The highest BCUT2D eigenvalue weighted by atomic mass is 32.2. The molecule has 0 saturated carbocycles. The van der Waals surface area contributed by atoms with Crippen LogP contribution in [0.4, 0.5) is 8.78 Å². The van der Waals surface area contributed by atoms with Crippen molar-refractivity contribution >= 4 is 17.5 Å². The van der Waals surface area contributed by atoms with Crippen molar-refractivity contribution in [1.29, 1.82) is 0 Å². The molecule has 5 heteroatoms. The highest BCUT2D eigenvalue weighted by molar-refractivity contribution is 7.99. The van der Waals surface area contributed by atoms with Gasteiger partial charge in [-0.1, -0.05) is 11.8 Å². The van der Waals surface area contributed by atoms with E-state index >= 15 is 0 Å². The summed E-state index contributed by atoms with van der Waals surface area (Å²) in [4.78, 5) is 16.2. The molecular formula is C15H13F2NOS. The summed E-state index contributed by atoms with van der Waals surface area (Å²) in [5.41, 5.74) is 1.68. The van der Waals surface area contributed by atoms with Crippen LogP contribution in [0.2, 0.25) is 0 Å². The normalized spacial score (nSPS) is 10.6. The minimum absolute atomic E-state index is 0.0241. The average Bonchev–Trinajstić information content (AvgIpc) is 2.38. The van der Waals surface area contributed by atoms with Crippen LogP contribution < -0.4 is 0 Å². The summed E-state index contributed by atoms with van der Waals surface area (Å²) in [5, 5.41) is 0.702. The Morgan fingerprint density at radius 3 is 2.65 bits per heavy atom. The lowest BCUT2D eigenvalue weighted by Gasteiger charge is -2.05. The number of nitrogens with zero attached hydrogens (tertiary/aromatic N) is 1. The maximum absolute atomic E-state index is 13.5. The fourth-order valence-electron chi connectivity index (χ4n) is 1.81. The van der Waals surface area contributed by atoms with E-state index in [4.69, 9.17) is 0 Å². The van der Waals surface area contributed by atoms with Crippen LogP contribution in [0.3, 0.4) is 0 Å². The molecule has 2 rings (SSSR count). The third-order valence-electron chi connectivity index (χ3n) is 2.65. The van der Waals surface area contributed by atoms with Gasteiger partial charge in [0.25, 0.3) is 0 Å². The number of ketones is 1. The summed E-state index contributed by atoms with van der Waals surface area (Å²) >= 11 is 1.22. The monoisotopic (exact) mass is 293 g/mol. The van der Waals surface area contributed by atoms with E-state index in [0.29, 0.717) is 5.03 Å². The summed E-state index contributed by atoms with van der Waals surface area (Å²) in [5.74, 6) is -1.75. The molecule has 0 amide bonds. The quantitative estimate of drug-likeness (QED) is 0.631. The van der Waals surface area contributed by atoms with E-state index in [-0.39, 0.29) is 11.3 Å². The van der Waals surface area contributed by atoms with Gasteiger partial charge in [-0.15, -0.1) is 0 Å². The van der Waals surface area contributed by atoms with E-state index in [1.807, 2.05) is 26.0 Å². The second-order valence-corrected chi connectivity index (χ2v) is 5.46. The van der Waals surface area contributed by atoms with Crippen molar-refractivity contribution in [3.63, 3.8) is 0 Å². The molecule has 0 aliphatic rings. The first kappa shape index (κ1) is 14.7. The molecule has 0 bridgehead atoms. The summed E-state index contributed by atoms with van der Waals surface area (Å²) < 4.78 is 26.5. The maximum atomic E-state index is 13.5. The zero-order valence-electron chi connectivity index (χ0n) is 11.1. The molecule has 0 unspecified atom stereocenters. The van der Waals surface area contributed by atoms with Gasteiger partial charge in [0, 0.05) is 5.69 Å². The fourth-order valence-corrected chi connectivity index (χ4v) is 2.72. The molecule has 0 aliphatic carbocycles. The third-order valence-corrected chi connectivity index (χ3v) is 3.57. The average molecular weight is 293 g/mol. The van der Waals surface area contributed by atoms with Gasteiger partial charge < -0.3 is 0 Å². The smallest absolute Gasteiger partial charge is 0.176 e. The number of carbonyl (C=O) groups excluding carboxylic acids is 1. The van der Waals surface area contributed by atoms with Gasteiger partial charge in [-0.25, -0.2) is 13.8 Å². The molecule has 104 valence electrons. The Morgan fingerprint density at radius 1 is 1.20 bits per heavy atom. The minimum atomic E-state index is -0.703. The highest BCUT2D eigenvalue weighted by Gasteiger charge is 2.13. The van der Waals surface area contributed by atoms with E-state index in [2.05, 4.69) is 4.98 Å². The molecule has 20 heavy (non-hydrogen) atoms. The molecule has 0 N–H and O–H groups in total. The first-order chi connectivity index (χ1) is 9.45. The van der Waals surface area contributed by atoms with Gasteiger partial charge >= 0.3 is 0 Å². The highest BCUT2D eigenvalue weighted by Crippen LogP contribution is 2.20. The Labute approximate surface area is 120 Å². The largest absolute Gasteiger partial charge is 0.293 e. The van der Waals surface area contributed by atoms with Crippen LogP contribution in [0.1, 0.15) is 21.6 Å². The first-order valence-corrected chi connectivity index (χ1v) is 7.00. The third kappa shape index (κ3) is 3.63. The number of hydrogen-bond donors (Lipinski definition) is 0. The molecule has 0 radical (unpaired) electrons. The summed E-state index contributed by atoms with van der Waals surface area (Å²) in [6.45, 7) is 3.80. The van der Waals surface area contributed by atoms with Gasteiger partial charge in [0.2, 0.25) is 0 Å². The Bertz CT molecular complexity index is 638. The summed E-state index contributed by atoms with van der Waals surface area (Å²) in [6.07, 6.45) is 0. The van der Waals surface area contributed by atoms with Gasteiger partial charge in [-0.3, -0.25) is 4.79 Å². The molecule has 2 aromatic rings. The topological polar surface area (TPSA) is 30.0 Å². The number of rotatable bonds is 4. The van der Waals surface area contributed by atoms with Crippen molar-refractivity contribution in [2.45, 2.75) is 18.9 Å². The van der Waals surface area contributed by atoms with Crippen LogP contribution in [0.5, 0.6) is 0 Å². The molecule has 0 atom stereocenters. The summed E-state index contributed by atoms with van der Waals surface area (Å²) in [6, 6.07) is 6.66. The minimum Gasteiger partial charge on any atom is -0.293 e.